The molecule has 0 amide bonds. The zero-order chi connectivity index (χ0) is 24.1. The molecule has 4 aromatic rings. The van der Waals surface area contributed by atoms with Crippen molar-refractivity contribution < 1.29 is 18.6 Å². The maximum atomic E-state index is 12.9. The third-order valence-electron chi connectivity index (χ3n) is 5.47. The molecule has 0 bridgehead atoms. The summed E-state index contributed by atoms with van der Waals surface area (Å²) in [5, 5.41) is 3.62. The van der Waals surface area contributed by atoms with Crippen LogP contribution in [0.15, 0.2) is 69.9 Å². The lowest BCUT2D eigenvalue weighted by molar-refractivity contribution is 0.340. The van der Waals surface area contributed by atoms with Gasteiger partial charge in [-0.2, -0.15) is 0 Å². The van der Waals surface area contributed by atoms with Gasteiger partial charge in [0.15, 0.2) is 5.43 Å². The van der Waals surface area contributed by atoms with Gasteiger partial charge in [0.1, 0.15) is 28.6 Å². The van der Waals surface area contributed by atoms with Crippen LogP contribution in [-0.4, -0.2) is 27.9 Å². The highest BCUT2D eigenvalue weighted by Crippen LogP contribution is 2.38. The standard InChI is InChI=1S/C28H27NO5/c1-5-33-21-10-7-18(8-11-21)6-9-19-14-20(29-2)15-26(32-4)28(19)27-17-24(30)23-16-22(31-3)12-13-25(23)34-27/h6-17,29H,5H2,1-4H3/b9-6+. The zero-order valence-electron chi connectivity index (χ0n) is 19.7. The van der Waals surface area contributed by atoms with Crippen LogP contribution in [0.25, 0.3) is 34.4 Å². The third kappa shape index (κ3) is 4.76. The van der Waals surface area contributed by atoms with Crippen LogP contribution in [0.2, 0.25) is 0 Å². The van der Waals surface area contributed by atoms with E-state index in [0.29, 0.717) is 40.4 Å². The molecule has 174 valence electrons. The van der Waals surface area contributed by atoms with Crippen molar-refractivity contribution in [2.75, 3.05) is 33.2 Å². The Hall–Kier alpha value is -4.19. The van der Waals surface area contributed by atoms with Crippen molar-refractivity contribution in [1.82, 2.24) is 0 Å². The molecule has 0 saturated carbocycles. The SMILES string of the molecule is CCOc1ccc(/C=C/c2cc(NC)cc(OC)c2-c2cc(=O)c3cc(OC)ccc3o2)cc1. The largest absolute Gasteiger partial charge is 0.497 e. The van der Waals surface area contributed by atoms with E-state index in [0.717, 1.165) is 22.6 Å². The van der Waals surface area contributed by atoms with Crippen molar-refractivity contribution in [2.24, 2.45) is 0 Å². The summed E-state index contributed by atoms with van der Waals surface area (Å²) >= 11 is 0. The minimum atomic E-state index is -0.156. The molecule has 0 spiro atoms. The summed E-state index contributed by atoms with van der Waals surface area (Å²) in [5.41, 5.74) is 3.74. The van der Waals surface area contributed by atoms with Crippen LogP contribution in [0.4, 0.5) is 5.69 Å². The van der Waals surface area contributed by atoms with E-state index in [2.05, 4.69) is 5.32 Å². The first-order valence-corrected chi connectivity index (χ1v) is 11.0. The van der Waals surface area contributed by atoms with Crippen molar-refractivity contribution in [3.63, 3.8) is 0 Å². The molecule has 1 N–H and O–H groups in total. The van der Waals surface area contributed by atoms with Crippen molar-refractivity contribution >= 4 is 28.8 Å². The van der Waals surface area contributed by atoms with Gasteiger partial charge in [-0.3, -0.25) is 4.79 Å². The second kappa shape index (κ2) is 10.2. The fourth-order valence-electron chi connectivity index (χ4n) is 3.75. The van der Waals surface area contributed by atoms with E-state index in [-0.39, 0.29) is 5.43 Å². The third-order valence-corrected chi connectivity index (χ3v) is 5.47. The lowest BCUT2D eigenvalue weighted by Gasteiger charge is -2.14. The second-order valence-corrected chi connectivity index (χ2v) is 7.57. The molecule has 0 atom stereocenters. The van der Waals surface area contributed by atoms with Gasteiger partial charge in [0.2, 0.25) is 0 Å². The second-order valence-electron chi connectivity index (χ2n) is 7.57. The average Bonchev–Trinajstić information content (AvgIpc) is 2.87. The highest BCUT2D eigenvalue weighted by Gasteiger charge is 2.17. The van der Waals surface area contributed by atoms with Crippen molar-refractivity contribution in [3.8, 4) is 28.6 Å². The van der Waals surface area contributed by atoms with Crippen LogP contribution in [-0.2, 0) is 0 Å². The van der Waals surface area contributed by atoms with Crippen LogP contribution in [0.5, 0.6) is 17.2 Å². The Bertz CT molecular complexity index is 1390. The monoisotopic (exact) mass is 457 g/mol. The first-order chi connectivity index (χ1) is 16.6. The Morgan fingerprint density at radius 3 is 2.35 bits per heavy atom. The van der Waals surface area contributed by atoms with Crippen LogP contribution >= 0.6 is 0 Å². The maximum Gasteiger partial charge on any atom is 0.193 e. The van der Waals surface area contributed by atoms with Gasteiger partial charge in [-0.1, -0.05) is 24.3 Å². The van der Waals surface area contributed by atoms with E-state index in [9.17, 15) is 4.79 Å². The molecule has 0 aliphatic carbocycles. The number of methoxy groups -OCH3 is 2. The average molecular weight is 458 g/mol. The smallest absolute Gasteiger partial charge is 0.193 e. The number of fused-ring (bicyclic) bond motifs is 1. The predicted molar refractivity (Wildman–Crippen MR) is 137 cm³/mol. The minimum absolute atomic E-state index is 0.156. The Kier molecular flexibility index (Phi) is 6.87. The van der Waals surface area contributed by atoms with E-state index >= 15 is 0 Å². The normalized spacial score (nSPS) is 11.1. The molecular formula is C28H27NO5. The van der Waals surface area contributed by atoms with Gasteiger partial charge in [0, 0.05) is 24.9 Å². The molecule has 1 heterocycles. The Morgan fingerprint density at radius 2 is 1.68 bits per heavy atom. The van der Waals surface area contributed by atoms with Crippen LogP contribution < -0.4 is 25.0 Å². The van der Waals surface area contributed by atoms with Gasteiger partial charge in [-0.25, -0.2) is 0 Å². The number of anilines is 1. The Morgan fingerprint density at radius 1 is 0.912 bits per heavy atom. The summed E-state index contributed by atoms with van der Waals surface area (Å²) in [6.45, 7) is 2.58. The number of rotatable bonds is 8. The molecule has 0 unspecified atom stereocenters. The first-order valence-electron chi connectivity index (χ1n) is 11.0. The number of hydrogen-bond donors (Lipinski definition) is 1. The number of benzene rings is 3. The Balaban J connectivity index is 1.84. The molecule has 4 rings (SSSR count). The molecule has 0 radical (unpaired) electrons. The number of hydrogen-bond acceptors (Lipinski definition) is 6. The minimum Gasteiger partial charge on any atom is -0.497 e. The molecule has 0 saturated heterocycles. The lowest BCUT2D eigenvalue weighted by Crippen LogP contribution is -2.02. The fraction of sp³-hybridized carbons (Fsp3) is 0.179. The van der Waals surface area contributed by atoms with E-state index in [1.165, 1.54) is 6.07 Å². The van der Waals surface area contributed by atoms with Crippen molar-refractivity contribution in [1.29, 1.82) is 0 Å². The molecule has 0 aliphatic rings. The van der Waals surface area contributed by atoms with Gasteiger partial charge >= 0.3 is 0 Å². The molecule has 6 heteroatoms. The molecule has 6 nitrogen and oxygen atoms in total. The molecule has 34 heavy (non-hydrogen) atoms. The van der Waals surface area contributed by atoms with Gasteiger partial charge in [-0.05, 0) is 54.4 Å². The topological polar surface area (TPSA) is 69.9 Å². The van der Waals surface area contributed by atoms with E-state index in [4.69, 9.17) is 18.6 Å². The van der Waals surface area contributed by atoms with E-state index in [1.54, 1.807) is 32.4 Å². The first kappa shape index (κ1) is 23.0. The summed E-state index contributed by atoms with van der Waals surface area (Å²) in [5.74, 6) is 2.44. The highest BCUT2D eigenvalue weighted by atomic mass is 16.5. The highest BCUT2D eigenvalue weighted by molar-refractivity contribution is 5.87. The summed E-state index contributed by atoms with van der Waals surface area (Å²) in [6.07, 6.45) is 3.98. The zero-order valence-corrected chi connectivity index (χ0v) is 19.7. The number of nitrogens with one attached hydrogen (secondary N) is 1. The van der Waals surface area contributed by atoms with Crippen LogP contribution in [0.3, 0.4) is 0 Å². The number of ether oxygens (including phenoxy) is 3. The summed E-state index contributed by atoms with van der Waals surface area (Å²) in [6, 6.07) is 18.4. The summed E-state index contributed by atoms with van der Waals surface area (Å²) in [4.78, 5) is 12.9. The van der Waals surface area contributed by atoms with Crippen molar-refractivity contribution in [2.45, 2.75) is 6.92 Å². The summed E-state index contributed by atoms with van der Waals surface area (Å²) < 4.78 is 22.6. The molecular weight excluding hydrogens is 430 g/mol. The van der Waals surface area contributed by atoms with E-state index in [1.807, 2.05) is 62.5 Å². The van der Waals surface area contributed by atoms with Gasteiger partial charge in [-0.15, -0.1) is 0 Å². The molecule has 0 fully saturated rings. The van der Waals surface area contributed by atoms with Crippen molar-refractivity contribution in [3.05, 3.63) is 82.0 Å². The lowest BCUT2D eigenvalue weighted by atomic mass is 10.0. The summed E-state index contributed by atoms with van der Waals surface area (Å²) in [7, 11) is 5.01. The molecule has 0 aliphatic heterocycles. The fourth-order valence-corrected chi connectivity index (χ4v) is 3.75. The Labute approximate surface area is 198 Å². The van der Waals surface area contributed by atoms with E-state index < -0.39 is 0 Å². The quantitative estimate of drug-likeness (QED) is 0.323. The maximum absolute atomic E-state index is 12.9. The van der Waals surface area contributed by atoms with Gasteiger partial charge in [0.05, 0.1) is 31.8 Å². The van der Waals surface area contributed by atoms with Gasteiger partial charge < -0.3 is 23.9 Å². The predicted octanol–water partition coefficient (Wildman–Crippen LogP) is 6.09. The van der Waals surface area contributed by atoms with Gasteiger partial charge in [0.25, 0.3) is 0 Å². The van der Waals surface area contributed by atoms with Crippen LogP contribution in [0, 0.1) is 0 Å². The molecule has 3 aromatic carbocycles. The molecule has 1 aromatic heterocycles. The van der Waals surface area contributed by atoms with Crippen LogP contribution in [0.1, 0.15) is 18.1 Å².